The average Bonchev–Trinajstić information content (AvgIpc) is 2.52. The van der Waals surface area contributed by atoms with E-state index in [2.05, 4.69) is 63.1 Å². The minimum Gasteiger partial charge on any atom is -0.452 e. The summed E-state index contributed by atoms with van der Waals surface area (Å²) in [6, 6.07) is 17.9. The predicted molar refractivity (Wildman–Crippen MR) is 103 cm³/mol. The van der Waals surface area contributed by atoms with Crippen LogP contribution in [-0.4, -0.2) is 16.6 Å². The highest BCUT2D eigenvalue weighted by molar-refractivity contribution is 6.92. The molecule has 0 fully saturated rings. The van der Waals surface area contributed by atoms with E-state index in [9.17, 15) is 5.26 Å². The van der Waals surface area contributed by atoms with Crippen molar-refractivity contribution in [2.75, 3.05) is 0 Å². The molecule has 0 unspecified atom stereocenters. The van der Waals surface area contributed by atoms with Gasteiger partial charge in [0.15, 0.2) is 8.32 Å². The molecule has 0 radical (unpaired) electrons. The van der Waals surface area contributed by atoms with Crippen molar-refractivity contribution in [3.8, 4) is 23.3 Å². The largest absolute Gasteiger partial charge is 0.452 e. The lowest BCUT2D eigenvalue weighted by molar-refractivity contribution is 0.566. The number of nitrogens with zero attached hydrogens (tertiary/aromatic N) is 2. The maximum absolute atomic E-state index is 9.17. The zero-order valence-corrected chi connectivity index (χ0v) is 16.8. The van der Waals surface area contributed by atoms with E-state index < -0.39 is 16.6 Å². The molecule has 0 spiro atoms. The highest BCUT2D eigenvalue weighted by Gasteiger charge is 2.31. The van der Waals surface area contributed by atoms with Gasteiger partial charge >= 0.3 is 0 Å². The molecule has 0 aliphatic rings. The minimum atomic E-state index is -1.90. The third kappa shape index (κ3) is 4.21. The van der Waals surface area contributed by atoms with Gasteiger partial charge in [-0.05, 0) is 61.2 Å². The van der Waals surface area contributed by atoms with E-state index in [4.69, 9.17) is 9.38 Å². The summed E-state index contributed by atoms with van der Waals surface area (Å²) < 4.78 is 6.42. The summed E-state index contributed by atoms with van der Waals surface area (Å²) in [6.07, 6.45) is 0. The lowest BCUT2D eigenvalue weighted by atomic mass is 10.0. The Kier molecular flexibility index (Phi) is 5.10. The van der Waals surface area contributed by atoms with E-state index in [1.54, 1.807) is 12.1 Å². The molecule has 5 heteroatoms. The molecule has 0 bridgehead atoms. The molecule has 2 aromatic carbocycles. The van der Waals surface area contributed by atoms with Crippen molar-refractivity contribution in [3.63, 3.8) is 0 Å². The topological polar surface area (TPSA) is 56.8 Å². The zero-order valence-electron chi connectivity index (χ0n) is 14.8. The lowest BCUT2D eigenvalue weighted by Crippen LogP contribution is -2.51. The van der Waals surface area contributed by atoms with Gasteiger partial charge in [0.05, 0.1) is 11.1 Å². The number of rotatable bonds is 4. The second kappa shape index (κ2) is 6.74. The Labute approximate surface area is 146 Å². The van der Waals surface area contributed by atoms with Gasteiger partial charge in [0, 0.05) is 0 Å². The predicted octanol–water partition coefficient (Wildman–Crippen LogP) is 4.36. The highest BCUT2D eigenvalue weighted by atomic mass is 28.4. The van der Waals surface area contributed by atoms with Crippen molar-refractivity contribution in [3.05, 3.63) is 53.6 Å². The molecule has 0 atom stereocenters. The van der Waals surface area contributed by atoms with Crippen molar-refractivity contribution in [2.24, 2.45) is 0 Å². The van der Waals surface area contributed by atoms with Crippen LogP contribution in [0.2, 0.25) is 32.7 Å². The third-order valence-electron chi connectivity index (χ3n) is 3.74. The number of nitriles is 2. The van der Waals surface area contributed by atoms with Gasteiger partial charge in [-0.1, -0.05) is 30.3 Å². The van der Waals surface area contributed by atoms with E-state index >= 15 is 0 Å². The molecular formula is C19H22N2OSi2. The highest BCUT2D eigenvalue weighted by Crippen LogP contribution is 2.23. The van der Waals surface area contributed by atoms with Crippen LogP contribution in [-0.2, 0) is 4.12 Å². The van der Waals surface area contributed by atoms with Crippen LogP contribution in [0.4, 0.5) is 0 Å². The first-order valence-corrected chi connectivity index (χ1v) is 14.2. The molecule has 0 amide bonds. The number of hydrogen-bond donors (Lipinski definition) is 0. The van der Waals surface area contributed by atoms with Gasteiger partial charge in [-0.3, -0.25) is 0 Å². The monoisotopic (exact) mass is 350 g/mol. The molecule has 0 saturated heterocycles. The molecule has 0 aliphatic carbocycles. The van der Waals surface area contributed by atoms with E-state index in [0.29, 0.717) is 11.1 Å². The molecule has 2 aromatic rings. The van der Waals surface area contributed by atoms with Crippen LogP contribution in [0.15, 0.2) is 42.5 Å². The maximum atomic E-state index is 9.17. The van der Waals surface area contributed by atoms with Crippen molar-refractivity contribution in [2.45, 2.75) is 32.7 Å². The van der Waals surface area contributed by atoms with Gasteiger partial charge in [-0.2, -0.15) is 10.5 Å². The van der Waals surface area contributed by atoms with Crippen molar-refractivity contribution in [1.82, 2.24) is 0 Å². The quantitative estimate of drug-likeness (QED) is 0.770. The molecule has 0 heterocycles. The summed E-state index contributed by atoms with van der Waals surface area (Å²) in [5, 5.41) is 19.5. The number of hydrogen-bond acceptors (Lipinski definition) is 3. The van der Waals surface area contributed by atoms with Crippen LogP contribution in [0.5, 0.6) is 0 Å². The van der Waals surface area contributed by atoms with Crippen LogP contribution in [0.3, 0.4) is 0 Å². The molecule has 2 rings (SSSR count). The van der Waals surface area contributed by atoms with Crippen LogP contribution in [0.25, 0.3) is 11.1 Å². The van der Waals surface area contributed by atoms with Gasteiger partial charge < -0.3 is 4.12 Å². The molecule has 0 saturated carbocycles. The maximum Gasteiger partial charge on any atom is 0.205 e. The fourth-order valence-corrected chi connectivity index (χ4v) is 10.4. The Morgan fingerprint density at radius 1 is 0.750 bits per heavy atom. The Morgan fingerprint density at radius 2 is 1.29 bits per heavy atom. The Balaban J connectivity index is 2.34. The van der Waals surface area contributed by atoms with Gasteiger partial charge in [0.1, 0.15) is 12.1 Å². The summed E-state index contributed by atoms with van der Waals surface area (Å²) in [5.41, 5.74) is 2.81. The third-order valence-corrected chi connectivity index (χ3v) is 9.95. The van der Waals surface area contributed by atoms with E-state index in [1.165, 1.54) is 5.19 Å². The molecule has 3 nitrogen and oxygen atoms in total. The summed E-state index contributed by atoms with van der Waals surface area (Å²) >= 11 is 0. The van der Waals surface area contributed by atoms with E-state index in [1.807, 2.05) is 12.1 Å². The molecule has 0 aromatic heterocycles. The van der Waals surface area contributed by atoms with Crippen LogP contribution < -0.4 is 5.19 Å². The van der Waals surface area contributed by atoms with E-state index in [0.717, 1.165) is 11.1 Å². The first-order valence-electron chi connectivity index (χ1n) is 7.91. The average molecular weight is 351 g/mol. The van der Waals surface area contributed by atoms with Crippen LogP contribution in [0.1, 0.15) is 11.1 Å². The minimum absolute atomic E-state index is 0.412. The van der Waals surface area contributed by atoms with E-state index in [-0.39, 0.29) is 0 Å². The summed E-state index contributed by atoms with van der Waals surface area (Å²) in [4.78, 5) is 0. The first-order chi connectivity index (χ1) is 11.2. The fraction of sp³-hybridized carbons (Fsp3) is 0.263. The Bertz CT molecular complexity index is 822. The van der Waals surface area contributed by atoms with Gasteiger partial charge in [-0.25, -0.2) is 0 Å². The van der Waals surface area contributed by atoms with Crippen LogP contribution in [0, 0.1) is 22.7 Å². The lowest BCUT2D eigenvalue weighted by Gasteiger charge is -2.31. The van der Waals surface area contributed by atoms with Crippen molar-refractivity contribution in [1.29, 1.82) is 10.5 Å². The molecule has 0 N–H and O–H groups in total. The normalized spacial score (nSPS) is 11.6. The second-order valence-electron chi connectivity index (χ2n) is 7.29. The summed E-state index contributed by atoms with van der Waals surface area (Å²) in [7, 11) is -3.49. The molecular weight excluding hydrogens is 328 g/mol. The number of benzene rings is 2. The van der Waals surface area contributed by atoms with Gasteiger partial charge in [-0.15, -0.1) is 0 Å². The van der Waals surface area contributed by atoms with Crippen molar-refractivity contribution >= 4 is 21.8 Å². The standard InChI is InChI=1S/C19H22N2OSi2/c1-23(2,3)22-24(4,5)19-10-8-15(9-11-19)16-6-7-17(13-20)18(12-16)14-21/h6-12H,1-5H3. The fourth-order valence-electron chi connectivity index (χ4n) is 2.80. The molecule has 122 valence electrons. The first kappa shape index (κ1) is 18.2. The van der Waals surface area contributed by atoms with Gasteiger partial charge in [0.25, 0.3) is 0 Å². The zero-order chi connectivity index (χ0) is 18.0. The van der Waals surface area contributed by atoms with Gasteiger partial charge in [0.2, 0.25) is 8.32 Å². The SMILES string of the molecule is C[Si](C)(C)O[Si](C)(C)c1ccc(-c2ccc(C#N)c(C#N)c2)cc1. The second-order valence-corrected chi connectivity index (χ2v) is 15.9. The summed E-state index contributed by atoms with van der Waals surface area (Å²) in [6.45, 7) is 11.1. The smallest absolute Gasteiger partial charge is 0.205 e. The summed E-state index contributed by atoms with van der Waals surface area (Å²) in [5.74, 6) is 0. The molecule has 0 aliphatic heterocycles. The molecule has 24 heavy (non-hydrogen) atoms. The Morgan fingerprint density at radius 3 is 1.79 bits per heavy atom. The van der Waals surface area contributed by atoms with Crippen LogP contribution >= 0.6 is 0 Å². The van der Waals surface area contributed by atoms with Crippen molar-refractivity contribution < 1.29 is 4.12 Å². The Hall–Kier alpha value is -2.19.